The Balaban J connectivity index is 2.35. The van der Waals surface area contributed by atoms with Crippen LogP contribution in [0.3, 0.4) is 0 Å². The number of rotatable bonds is 3. The maximum Gasteiger partial charge on any atom is 0.246 e. The van der Waals surface area contributed by atoms with E-state index in [1.807, 2.05) is 12.2 Å². The van der Waals surface area contributed by atoms with Crippen molar-refractivity contribution in [2.24, 2.45) is 0 Å². The maximum absolute atomic E-state index is 13.5. The molecule has 98 valence electrons. The number of halogens is 2. The van der Waals surface area contributed by atoms with Crippen LogP contribution in [0.15, 0.2) is 29.2 Å². The van der Waals surface area contributed by atoms with Crippen molar-refractivity contribution in [3.8, 4) is 0 Å². The number of hydrogen-bond acceptors (Lipinski definition) is 3. The normalized spacial score (nSPS) is 16.3. The molecule has 0 atom stereocenters. The van der Waals surface area contributed by atoms with Crippen molar-refractivity contribution in [1.29, 1.82) is 0 Å². The summed E-state index contributed by atoms with van der Waals surface area (Å²) in [6.07, 6.45) is 4.64. The van der Waals surface area contributed by atoms with Crippen molar-refractivity contribution in [2.45, 2.75) is 23.8 Å². The lowest BCUT2D eigenvalue weighted by atomic mass is 10.3. The monoisotopic (exact) mass is 274 g/mol. The summed E-state index contributed by atoms with van der Waals surface area (Å²) in [5, 5.41) is 0. The third-order valence-electron chi connectivity index (χ3n) is 2.62. The highest BCUT2D eigenvalue weighted by Gasteiger charge is 2.27. The van der Waals surface area contributed by atoms with Crippen molar-refractivity contribution in [3.05, 3.63) is 35.9 Å². The fourth-order valence-corrected chi connectivity index (χ4v) is 3.21. The SMILES string of the molecule is Nc1cc(F)c(S(=O)(=O)NC2CC=CC2)c(F)c1. The van der Waals surface area contributed by atoms with E-state index in [0.29, 0.717) is 12.8 Å². The molecule has 0 bridgehead atoms. The second-order valence-corrected chi connectivity index (χ2v) is 5.73. The van der Waals surface area contributed by atoms with Crippen molar-refractivity contribution in [1.82, 2.24) is 4.72 Å². The average molecular weight is 274 g/mol. The predicted molar refractivity (Wildman–Crippen MR) is 63.3 cm³/mol. The molecule has 18 heavy (non-hydrogen) atoms. The minimum atomic E-state index is -4.22. The molecular formula is C11H12F2N2O2S. The molecule has 0 aliphatic heterocycles. The molecule has 1 aliphatic rings. The lowest BCUT2D eigenvalue weighted by Crippen LogP contribution is -2.34. The van der Waals surface area contributed by atoms with Crippen LogP contribution in [0, 0.1) is 11.6 Å². The van der Waals surface area contributed by atoms with E-state index in [9.17, 15) is 17.2 Å². The number of nitrogens with two attached hydrogens (primary N) is 1. The first-order chi connectivity index (χ1) is 8.40. The lowest BCUT2D eigenvalue weighted by molar-refractivity contribution is 0.507. The van der Waals surface area contributed by atoms with Crippen molar-refractivity contribution in [3.63, 3.8) is 0 Å². The molecule has 0 aromatic heterocycles. The topological polar surface area (TPSA) is 72.2 Å². The van der Waals surface area contributed by atoms with Crippen LogP contribution in [0.4, 0.5) is 14.5 Å². The molecule has 1 aromatic carbocycles. The molecule has 0 radical (unpaired) electrons. The Morgan fingerprint density at radius 2 is 1.67 bits per heavy atom. The minimum Gasteiger partial charge on any atom is -0.399 e. The zero-order valence-corrected chi connectivity index (χ0v) is 10.2. The molecule has 3 N–H and O–H groups in total. The molecule has 0 saturated carbocycles. The largest absolute Gasteiger partial charge is 0.399 e. The molecule has 1 aromatic rings. The van der Waals surface area contributed by atoms with E-state index in [4.69, 9.17) is 5.73 Å². The van der Waals surface area contributed by atoms with Gasteiger partial charge in [-0.3, -0.25) is 0 Å². The van der Waals surface area contributed by atoms with E-state index in [1.54, 1.807) is 0 Å². The standard InChI is InChI=1S/C11H12F2N2O2S/c12-9-5-7(14)6-10(13)11(9)18(16,17)15-8-3-1-2-4-8/h1-2,5-6,8,15H,3-4,14H2. The maximum atomic E-state index is 13.5. The Morgan fingerprint density at radius 1 is 1.17 bits per heavy atom. The van der Waals surface area contributed by atoms with Gasteiger partial charge in [0.25, 0.3) is 0 Å². The zero-order valence-electron chi connectivity index (χ0n) is 9.36. The zero-order chi connectivity index (χ0) is 13.3. The van der Waals surface area contributed by atoms with Gasteiger partial charge in [-0.05, 0) is 25.0 Å². The van der Waals surface area contributed by atoms with Crippen molar-refractivity contribution >= 4 is 15.7 Å². The summed E-state index contributed by atoms with van der Waals surface area (Å²) in [7, 11) is -4.22. The number of anilines is 1. The van der Waals surface area contributed by atoms with Crippen LogP contribution < -0.4 is 10.5 Å². The predicted octanol–water partition coefficient (Wildman–Crippen LogP) is 1.54. The molecule has 0 unspecified atom stereocenters. The molecule has 0 fully saturated rings. The molecule has 0 amide bonds. The quantitative estimate of drug-likeness (QED) is 0.648. The van der Waals surface area contributed by atoms with E-state index in [2.05, 4.69) is 4.72 Å². The van der Waals surface area contributed by atoms with Crippen LogP contribution >= 0.6 is 0 Å². The van der Waals surface area contributed by atoms with Crippen molar-refractivity contribution < 1.29 is 17.2 Å². The van der Waals surface area contributed by atoms with Crippen LogP contribution in [0.1, 0.15) is 12.8 Å². The lowest BCUT2D eigenvalue weighted by Gasteiger charge is -2.13. The molecule has 4 nitrogen and oxygen atoms in total. The van der Waals surface area contributed by atoms with Gasteiger partial charge in [-0.1, -0.05) is 12.2 Å². The van der Waals surface area contributed by atoms with Gasteiger partial charge in [-0.2, -0.15) is 0 Å². The molecule has 0 saturated heterocycles. The van der Waals surface area contributed by atoms with E-state index < -0.39 is 26.6 Å². The highest BCUT2D eigenvalue weighted by Crippen LogP contribution is 2.23. The summed E-state index contributed by atoms with van der Waals surface area (Å²) in [6, 6.07) is 1.21. The smallest absolute Gasteiger partial charge is 0.246 e. The van der Waals surface area contributed by atoms with Crippen LogP contribution in [0.5, 0.6) is 0 Å². The summed E-state index contributed by atoms with van der Waals surface area (Å²) < 4.78 is 53.1. The minimum absolute atomic E-state index is 0.161. The van der Waals surface area contributed by atoms with Gasteiger partial charge in [-0.15, -0.1) is 0 Å². The third-order valence-corrected chi connectivity index (χ3v) is 4.19. The van der Waals surface area contributed by atoms with Gasteiger partial charge in [0.1, 0.15) is 11.6 Å². The van der Waals surface area contributed by atoms with Gasteiger partial charge < -0.3 is 5.73 Å². The average Bonchev–Trinajstić information content (AvgIpc) is 2.66. The second kappa shape index (κ2) is 4.66. The molecule has 0 spiro atoms. The summed E-state index contributed by atoms with van der Waals surface area (Å²) in [5.74, 6) is -2.38. The van der Waals surface area contributed by atoms with Crippen LogP contribution in [0.2, 0.25) is 0 Å². The van der Waals surface area contributed by atoms with Crippen LogP contribution in [-0.2, 0) is 10.0 Å². The summed E-state index contributed by atoms with van der Waals surface area (Å²) >= 11 is 0. The van der Waals surface area contributed by atoms with Crippen LogP contribution in [-0.4, -0.2) is 14.5 Å². The Kier molecular flexibility index (Phi) is 3.36. The Labute approximate surface area is 104 Å². The number of nitrogen functional groups attached to an aromatic ring is 1. The first-order valence-electron chi connectivity index (χ1n) is 5.32. The molecular weight excluding hydrogens is 262 g/mol. The summed E-state index contributed by atoms with van der Waals surface area (Å²) in [6.45, 7) is 0. The molecule has 7 heteroatoms. The number of sulfonamides is 1. The fourth-order valence-electron chi connectivity index (χ4n) is 1.83. The van der Waals surface area contributed by atoms with Gasteiger partial charge >= 0.3 is 0 Å². The van der Waals surface area contributed by atoms with E-state index in [-0.39, 0.29) is 11.7 Å². The molecule has 0 heterocycles. The van der Waals surface area contributed by atoms with Gasteiger partial charge in [0.15, 0.2) is 4.90 Å². The van der Waals surface area contributed by atoms with E-state index in [1.165, 1.54) is 0 Å². The van der Waals surface area contributed by atoms with Crippen LogP contribution in [0.25, 0.3) is 0 Å². The fraction of sp³-hybridized carbons (Fsp3) is 0.273. The van der Waals surface area contributed by atoms with Gasteiger partial charge in [0.05, 0.1) is 0 Å². The van der Waals surface area contributed by atoms with E-state index >= 15 is 0 Å². The highest BCUT2D eigenvalue weighted by molar-refractivity contribution is 7.89. The number of benzene rings is 1. The Morgan fingerprint density at radius 3 is 2.17 bits per heavy atom. The molecule has 1 aliphatic carbocycles. The first-order valence-corrected chi connectivity index (χ1v) is 6.80. The van der Waals surface area contributed by atoms with Gasteiger partial charge in [0.2, 0.25) is 10.0 Å². The summed E-state index contributed by atoms with van der Waals surface area (Å²) in [5.41, 5.74) is 5.07. The van der Waals surface area contributed by atoms with E-state index in [0.717, 1.165) is 12.1 Å². The third kappa shape index (κ3) is 2.51. The Bertz CT molecular complexity index is 568. The van der Waals surface area contributed by atoms with Gasteiger partial charge in [0, 0.05) is 11.7 Å². The van der Waals surface area contributed by atoms with Crippen molar-refractivity contribution in [2.75, 3.05) is 5.73 Å². The number of nitrogens with one attached hydrogen (secondary N) is 1. The van der Waals surface area contributed by atoms with Gasteiger partial charge in [-0.25, -0.2) is 21.9 Å². The Hall–Kier alpha value is -1.47. The first kappa shape index (κ1) is 13.0. The molecule has 2 rings (SSSR count). The number of hydrogen-bond donors (Lipinski definition) is 2. The summed E-state index contributed by atoms with van der Waals surface area (Å²) in [4.78, 5) is -0.983. The highest BCUT2D eigenvalue weighted by atomic mass is 32.2. The second-order valence-electron chi connectivity index (χ2n) is 4.07.